The number of rotatable bonds is 0. The van der Waals surface area contributed by atoms with E-state index in [9.17, 15) is 0 Å². The maximum absolute atomic E-state index is 2.37. The fourth-order valence-corrected chi connectivity index (χ4v) is 7.17. The van der Waals surface area contributed by atoms with Crippen LogP contribution in [0.4, 0.5) is 0 Å². The Morgan fingerprint density at radius 2 is 0.708 bits per heavy atom. The van der Waals surface area contributed by atoms with Crippen LogP contribution in [0.25, 0.3) is 55.3 Å². The highest BCUT2D eigenvalue weighted by molar-refractivity contribution is 7.13. The van der Waals surface area contributed by atoms with Crippen LogP contribution in [0.15, 0.2) is 24.3 Å². The van der Waals surface area contributed by atoms with E-state index in [4.69, 9.17) is 0 Å². The lowest BCUT2D eigenvalue weighted by Crippen LogP contribution is -1.81. The number of benzene rings is 2. The minimum absolute atomic E-state index is 1.45. The van der Waals surface area contributed by atoms with Crippen LogP contribution in [-0.4, -0.2) is 0 Å². The summed E-state index contributed by atoms with van der Waals surface area (Å²) < 4.78 is 0. The lowest BCUT2D eigenvalue weighted by Gasteiger charge is -2.08. The molecule has 0 atom stereocenters. The largest absolute Gasteiger partial charge is 0.145 e. The molecule has 0 saturated heterocycles. The van der Waals surface area contributed by atoms with E-state index in [0.717, 1.165) is 0 Å². The Morgan fingerprint density at radius 3 is 0.958 bits per heavy atom. The van der Waals surface area contributed by atoms with E-state index in [0.29, 0.717) is 0 Å². The molecule has 2 heteroatoms. The third-order valence-corrected chi connectivity index (χ3v) is 7.80. The van der Waals surface area contributed by atoms with Crippen LogP contribution in [0, 0.1) is 27.7 Å². The minimum atomic E-state index is 1.45. The molecule has 0 bridgehead atoms. The maximum atomic E-state index is 2.37. The van der Waals surface area contributed by atoms with E-state index in [2.05, 4.69) is 52.0 Å². The standard InChI is InChI=1S/C22H16S2/c1-9-17-13-5-6-15-19-11(3)24-12(4)20(19)16-8-7-14(21(13)22(15)16)18(17)10(2)23-9/h5-8H,1-4H3. The smallest absolute Gasteiger partial charge is 0.0102 e. The molecule has 24 heavy (non-hydrogen) atoms. The average Bonchev–Trinajstić information content (AvgIpc) is 3.21. The van der Waals surface area contributed by atoms with Crippen molar-refractivity contribution in [2.75, 3.05) is 0 Å². The molecule has 0 spiro atoms. The molecule has 0 unspecified atom stereocenters. The molecule has 2 aromatic heterocycles. The van der Waals surface area contributed by atoms with Gasteiger partial charge in [0.05, 0.1) is 0 Å². The highest BCUT2D eigenvalue weighted by atomic mass is 32.1. The number of hydrogen-bond acceptors (Lipinski definition) is 2. The Labute approximate surface area is 149 Å². The Hall–Kier alpha value is -1.90. The summed E-state index contributed by atoms with van der Waals surface area (Å²) in [6, 6.07) is 9.49. The van der Waals surface area contributed by atoms with Crippen molar-refractivity contribution in [1.29, 1.82) is 0 Å². The molecule has 6 rings (SSSR count). The van der Waals surface area contributed by atoms with Gasteiger partial charge in [0.2, 0.25) is 0 Å². The van der Waals surface area contributed by atoms with Gasteiger partial charge in [-0.3, -0.25) is 0 Å². The van der Waals surface area contributed by atoms with Gasteiger partial charge < -0.3 is 0 Å². The molecule has 0 nitrogen and oxygen atoms in total. The molecule has 0 radical (unpaired) electrons. The molecular weight excluding hydrogens is 328 g/mol. The average molecular weight is 345 g/mol. The highest BCUT2D eigenvalue weighted by Gasteiger charge is 2.33. The van der Waals surface area contributed by atoms with Crippen molar-refractivity contribution in [2.24, 2.45) is 0 Å². The van der Waals surface area contributed by atoms with Crippen LogP contribution >= 0.6 is 22.7 Å². The van der Waals surface area contributed by atoms with Gasteiger partial charge in [-0.15, -0.1) is 22.7 Å². The van der Waals surface area contributed by atoms with E-state index in [1.54, 1.807) is 0 Å². The molecule has 0 N–H and O–H groups in total. The first-order chi connectivity index (χ1) is 11.6. The molecular formula is C22H16S2. The maximum Gasteiger partial charge on any atom is 0.0102 e. The van der Waals surface area contributed by atoms with E-state index in [-0.39, 0.29) is 0 Å². The summed E-state index contributed by atoms with van der Waals surface area (Å²) in [6.07, 6.45) is 0. The second-order valence-electron chi connectivity index (χ2n) is 7.00. The zero-order valence-corrected chi connectivity index (χ0v) is 15.8. The molecule has 0 aliphatic heterocycles. The summed E-state index contributed by atoms with van der Waals surface area (Å²) >= 11 is 3.88. The Kier molecular flexibility index (Phi) is 2.24. The first-order valence-corrected chi connectivity index (χ1v) is 10.0. The molecule has 2 heterocycles. The van der Waals surface area contributed by atoms with E-state index >= 15 is 0 Å². The van der Waals surface area contributed by atoms with Gasteiger partial charge in [-0.05, 0) is 60.7 Å². The number of hydrogen-bond donors (Lipinski definition) is 0. The van der Waals surface area contributed by atoms with Crippen molar-refractivity contribution in [2.45, 2.75) is 27.7 Å². The van der Waals surface area contributed by atoms with Crippen LogP contribution in [-0.2, 0) is 0 Å². The third kappa shape index (κ3) is 1.27. The molecule has 2 aromatic carbocycles. The molecule has 0 amide bonds. The van der Waals surface area contributed by atoms with Crippen LogP contribution < -0.4 is 0 Å². The van der Waals surface area contributed by atoms with Crippen molar-refractivity contribution in [1.82, 2.24) is 0 Å². The Balaban J connectivity index is 1.86. The van der Waals surface area contributed by atoms with E-state index in [1.807, 2.05) is 22.7 Å². The fraction of sp³-hybridized carbons (Fsp3) is 0.182. The normalized spacial score (nSPS) is 13.0. The van der Waals surface area contributed by atoms with Gasteiger partial charge in [-0.25, -0.2) is 0 Å². The van der Waals surface area contributed by atoms with Gasteiger partial charge in [0.1, 0.15) is 0 Å². The van der Waals surface area contributed by atoms with Gasteiger partial charge in [0.25, 0.3) is 0 Å². The second-order valence-corrected chi connectivity index (χ2v) is 9.86. The van der Waals surface area contributed by atoms with Gasteiger partial charge in [-0.2, -0.15) is 0 Å². The fourth-order valence-electron chi connectivity index (χ4n) is 4.99. The van der Waals surface area contributed by atoms with Crippen LogP contribution in [0.1, 0.15) is 19.5 Å². The van der Waals surface area contributed by atoms with Crippen molar-refractivity contribution in [3.05, 3.63) is 43.8 Å². The predicted molar refractivity (Wildman–Crippen MR) is 108 cm³/mol. The SMILES string of the molecule is Cc1sc(C)c2c1-c1ccc3c4c(ccc-2c14)-c1c(C)sc(C)c1-3. The first kappa shape index (κ1) is 13.4. The van der Waals surface area contributed by atoms with Crippen molar-refractivity contribution < 1.29 is 0 Å². The van der Waals surface area contributed by atoms with Gasteiger partial charge >= 0.3 is 0 Å². The lowest BCUT2D eigenvalue weighted by molar-refractivity contribution is 1.59. The summed E-state index contributed by atoms with van der Waals surface area (Å²) in [5.74, 6) is 0. The molecule has 0 saturated carbocycles. The molecule has 116 valence electrons. The number of fused-ring (bicyclic) bond motifs is 6. The van der Waals surface area contributed by atoms with Gasteiger partial charge in [0.15, 0.2) is 0 Å². The Morgan fingerprint density at radius 1 is 0.458 bits per heavy atom. The zero-order valence-electron chi connectivity index (χ0n) is 14.1. The Bertz CT molecular complexity index is 1050. The predicted octanol–water partition coefficient (Wildman–Crippen LogP) is 7.49. The minimum Gasteiger partial charge on any atom is -0.145 e. The summed E-state index contributed by atoms with van der Waals surface area (Å²) in [7, 11) is 0. The van der Waals surface area contributed by atoms with Crippen LogP contribution in [0.2, 0.25) is 0 Å². The molecule has 0 fully saturated rings. The van der Waals surface area contributed by atoms with Crippen LogP contribution in [0.5, 0.6) is 0 Å². The number of aryl methyl sites for hydroxylation is 4. The van der Waals surface area contributed by atoms with Crippen molar-refractivity contribution in [3.63, 3.8) is 0 Å². The molecule has 2 aliphatic rings. The monoisotopic (exact) mass is 344 g/mol. The molecule has 2 aliphatic carbocycles. The number of thiophene rings is 2. The quantitative estimate of drug-likeness (QED) is 0.268. The van der Waals surface area contributed by atoms with Crippen molar-refractivity contribution in [3.8, 4) is 44.5 Å². The second kappa shape index (κ2) is 4.01. The van der Waals surface area contributed by atoms with Crippen molar-refractivity contribution >= 4 is 33.4 Å². The first-order valence-electron chi connectivity index (χ1n) is 8.39. The summed E-state index contributed by atoms with van der Waals surface area (Å²) in [5, 5.41) is 2.99. The van der Waals surface area contributed by atoms with E-state index in [1.165, 1.54) is 74.8 Å². The summed E-state index contributed by atoms with van der Waals surface area (Å²) in [6.45, 7) is 9.08. The third-order valence-electron chi connectivity index (χ3n) is 5.76. The molecule has 4 aromatic rings. The summed E-state index contributed by atoms with van der Waals surface area (Å²) in [4.78, 5) is 5.82. The topological polar surface area (TPSA) is 0 Å². The van der Waals surface area contributed by atoms with Gasteiger partial charge in [-0.1, -0.05) is 24.3 Å². The summed E-state index contributed by atoms with van der Waals surface area (Å²) in [5.41, 5.74) is 11.7. The lowest BCUT2D eigenvalue weighted by atomic mass is 9.97. The highest BCUT2D eigenvalue weighted by Crippen LogP contribution is 2.60. The van der Waals surface area contributed by atoms with Gasteiger partial charge in [0, 0.05) is 41.8 Å². The zero-order chi connectivity index (χ0) is 16.3. The van der Waals surface area contributed by atoms with Crippen LogP contribution in [0.3, 0.4) is 0 Å². The van der Waals surface area contributed by atoms with E-state index < -0.39 is 0 Å².